The molecule has 1 aromatic heterocycles. The number of hydrogen-bond donors (Lipinski definition) is 1. The predicted molar refractivity (Wildman–Crippen MR) is 57.6 cm³/mol. The molecule has 0 aromatic carbocycles. The fourth-order valence-corrected chi connectivity index (χ4v) is 2.30. The van der Waals surface area contributed by atoms with Crippen LogP contribution < -0.4 is 0 Å². The van der Waals surface area contributed by atoms with Gasteiger partial charge in [0, 0.05) is 10.3 Å². The van der Waals surface area contributed by atoms with Crippen LogP contribution in [0.2, 0.25) is 0 Å². The molecule has 0 bridgehead atoms. The molecule has 1 N–H and O–H groups in total. The van der Waals surface area contributed by atoms with Gasteiger partial charge in [0.1, 0.15) is 0 Å². The number of hydrogen-bond acceptors (Lipinski definition) is 2. The van der Waals surface area contributed by atoms with Gasteiger partial charge in [-0.2, -0.15) is 0 Å². The zero-order chi connectivity index (χ0) is 9.97. The highest BCUT2D eigenvalue weighted by Crippen LogP contribution is 2.27. The topological polar surface area (TPSA) is 37.3 Å². The Morgan fingerprint density at radius 3 is 2.86 bits per heavy atom. The van der Waals surface area contributed by atoms with Crippen molar-refractivity contribution in [3.05, 3.63) is 40.1 Å². The average molecular weight is 206 g/mol. The predicted octanol–water partition coefficient (Wildman–Crippen LogP) is 3.18. The standard InChI is InChI=1S/C11H10O2S/c12-11(13)9-6-10(14-7-9)8-4-2-1-3-5-8/h2,4-7H,1,3H2,(H,12,13). The minimum atomic E-state index is -0.854. The molecule has 0 spiro atoms. The quantitative estimate of drug-likeness (QED) is 0.806. The summed E-state index contributed by atoms with van der Waals surface area (Å²) in [6.07, 6.45) is 8.46. The Balaban J connectivity index is 2.28. The Hall–Kier alpha value is -1.35. The summed E-state index contributed by atoms with van der Waals surface area (Å²) in [5.74, 6) is -0.854. The minimum Gasteiger partial charge on any atom is -0.478 e. The van der Waals surface area contributed by atoms with Crippen molar-refractivity contribution < 1.29 is 9.90 Å². The lowest BCUT2D eigenvalue weighted by Gasteiger charge is -2.02. The molecule has 0 unspecified atom stereocenters. The van der Waals surface area contributed by atoms with Crippen molar-refractivity contribution >= 4 is 22.9 Å². The highest BCUT2D eigenvalue weighted by Gasteiger charge is 2.08. The van der Waals surface area contributed by atoms with Gasteiger partial charge in [0.05, 0.1) is 5.56 Å². The smallest absolute Gasteiger partial charge is 0.336 e. The van der Waals surface area contributed by atoms with Crippen LogP contribution in [0.15, 0.2) is 29.7 Å². The third kappa shape index (κ3) is 1.77. The van der Waals surface area contributed by atoms with Crippen molar-refractivity contribution in [1.29, 1.82) is 0 Å². The molecule has 1 aliphatic carbocycles. The number of rotatable bonds is 2. The molecule has 1 heterocycles. The molecule has 0 amide bonds. The summed E-state index contributed by atoms with van der Waals surface area (Å²) in [4.78, 5) is 11.7. The molecule has 2 nitrogen and oxygen atoms in total. The van der Waals surface area contributed by atoms with Crippen molar-refractivity contribution in [2.45, 2.75) is 12.8 Å². The summed E-state index contributed by atoms with van der Waals surface area (Å²) in [5, 5.41) is 10.4. The van der Waals surface area contributed by atoms with E-state index in [4.69, 9.17) is 5.11 Å². The third-order valence-corrected chi connectivity index (χ3v) is 3.11. The van der Waals surface area contributed by atoms with Gasteiger partial charge in [-0.1, -0.05) is 18.2 Å². The summed E-state index contributed by atoms with van der Waals surface area (Å²) < 4.78 is 0. The van der Waals surface area contributed by atoms with Crippen LogP contribution >= 0.6 is 11.3 Å². The second-order valence-electron chi connectivity index (χ2n) is 3.14. The number of allylic oxidation sites excluding steroid dienone is 4. The molecule has 0 fully saturated rings. The number of thiophene rings is 1. The lowest BCUT2D eigenvalue weighted by molar-refractivity contribution is 0.0697. The molecule has 1 aromatic rings. The van der Waals surface area contributed by atoms with Crippen LogP contribution in [0.5, 0.6) is 0 Å². The summed E-state index contributed by atoms with van der Waals surface area (Å²) in [5.41, 5.74) is 1.53. The monoisotopic (exact) mass is 206 g/mol. The van der Waals surface area contributed by atoms with E-state index in [1.54, 1.807) is 11.4 Å². The van der Waals surface area contributed by atoms with E-state index in [0.29, 0.717) is 5.56 Å². The van der Waals surface area contributed by atoms with Crippen LogP contribution in [-0.2, 0) is 0 Å². The Kier molecular flexibility index (Phi) is 2.50. The van der Waals surface area contributed by atoms with Crippen LogP contribution in [-0.4, -0.2) is 11.1 Å². The second kappa shape index (κ2) is 3.80. The molecule has 0 atom stereocenters. The molecule has 72 valence electrons. The first kappa shape index (κ1) is 9.21. The Morgan fingerprint density at radius 1 is 1.43 bits per heavy atom. The molecule has 0 saturated carbocycles. The van der Waals surface area contributed by atoms with Crippen LogP contribution in [0.25, 0.3) is 5.57 Å². The van der Waals surface area contributed by atoms with Gasteiger partial charge < -0.3 is 5.11 Å². The first-order chi connectivity index (χ1) is 6.77. The van der Waals surface area contributed by atoms with E-state index in [9.17, 15) is 4.79 Å². The molecule has 0 saturated heterocycles. The number of carboxylic acids is 1. The minimum absolute atomic E-state index is 0.380. The van der Waals surface area contributed by atoms with Gasteiger partial charge in [0.2, 0.25) is 0 Å². The fourth-order valence-electron chi connectivity index (χ4n) is 1.40. The maximum Gasteiger partial charge on any atom is 0.336 e. The van der Waals surface area contributed by atoms with Crippen molar-refractivity contribution in [3.8, 4) is 0 Å². The Morgan fingerprint density at radius 2 is 2.29 bits per heavy atom. The maximum absolute atomic E-state index is 10.7. The average Bonchev–Trinajstić information content (AvgIpc) is 2.68. The molecule has 0 radical (unpaired) electrons. The summed E-state index contributed by atoms with van der Waals surface area (Å²) in [7, 11) is 0. The third-order valence-electron chi connectivity index (χ3n) is 2.13. The van der Waals surface area contributed by atoms with Gasteiger partial charge in [-0.25, -0.2) is 4.79 Å². The van der Waals surface area contributed by atoms with Gasteiger partial charge in [-0.05, 0) is 24.5 Å². The van der Waals surface area contributed by atoms with Gasteiger partial charge >= 0.3 is 5.97 Å². The highest BCUT2D eigenvalue weighted by atomic mass is 32.1. The van der Waals surface area contributed by atoms with Crippen LogP contribution in [0, 0.1) is 0 Å². The van der Waals surface area contributed by atoms with E-state index in [1.807, 2.05) is 0 Å². The van der Waals surface area contributed by atoms with Gasteiger partial charge in [-0.15, -0.1) is 11.3 Å². The molecular formula is C11H10O2S. The van der Waals surface area contributed by atoms with Crippen molar-refractivity contribution in [3.63, 3.8) is 0 Å². The lowest BCUT2D eigenvalue weighted by Crippen LogP contribution is -1.92. The lowest BCUT2D eigenvalue weighted by atomic mass is 10.1. The number of aromatic carboxylic acids is 1. The molecule has 2 rings (SSSR count). The molecule has 0 aliphatic heterocycles. The molecule has 3 heteroatoms. The zero-order valence-corrected chi connectivity index (χ0v) is 8.38. The number of carbonyl (C=O) groups is 1. The molecular weight excluding hydrogens is 196 g/mol. The van der Waals surface area contributed by atoms with E-state index in [-0.39, 0.29) is 0 Å². The van der Waals surface area contributed by atoms with E-state index < -0.39 is 5.97 Å². The van der Waals surface area contributed by atoms with Crippen molar-refractivity contribution in [2.24, 2.45) is 0 Å². The molecule has 14 heavy (non-hydrogen) atoms. The first-order valence-corrected chi connectivity index (χ1v) is 5.34. The molecule has 1 aliphatic rings. The van der Waals surface area contributed by atoms with E-state index in [2.05, 4.69) is 18.2 Å². The van der Waals surface area contributed by atoms with Crippen LogP contribution in [0.3, 0.4) is 0 Å². The maximum atomic E-state index is 10.7. The first-order valence-electron chi connectivity index (χ1n) is 4.46. The largest absolute Gasteiger partial charge is 0.478 e. The van der Waals surface area contributed by atoms with Crippen LogP contribution in [0.1, 0.15) is 28.1 Å². The van der Waals surface area contributed by atoms with E-state index >= 15 is 0 Å². The fraction of sp³-hybridized carbons (Fsp3) is 0.182. The van der Waals surface area contributed by atoms with Gasteiger partial charge in [0.25, 0.3) is 0 Å². The second-order valence-corrected chi connectivity index (χ2v) is 4.06. The SMILES string of the molecule is O=C(O)c1csc(C2=CCCC=C2)c1. The van der Waals surface area contributed by atoms with Crippen LogP contribution in [0.4, 0.5) is 0 Å². The normalized spacial score (nSPS) is 15.3. The van der Waals surface area contributed by atoms with Gasteiger partial charge in [0.15, 0.2) is 0 Å². The van der Waals surface area contributed by atoms with Crippen molar-refractivity contribution in [1.82, 2.24) is 0 Å². The summed E-state index contributed by atoms with van der Waals surface area (Å²) >= 11 is 1.48. The summed E-state index contributed by atoms with van der Waals surface area (Å²) in [6.45, 7) is 0. The zero-order valence-electron chi connectivity index (χ0n) is 7.56. The van der Waals surface area contributed by atoms with E-state index in [0.717, 1.165) is 23.3 Å². The summed E-state index contributed by atoms with van der Waals surface area (Å²) in [6, 6.07) is 1.73. The van der Waals surface area contributed by atoms with Crippen molar-refractivity contribution in [2.75, 3.05) is 0 Å². The highest BCUT2D eigenvalue weighted by molar-refractivity contribution is 7.11. The Bertz CT molecular complexity index is 413. The van der Waals surface area contributed by atoms with Gasteiger partial charge in [-0.3, -0.25) is 0 Å². The number of carboxylic acid groups (broad SMARTS) is 1. The van der Waals surface area contributed by atoms with E-state index in [1.165, 1.54) is 11.3 Å². The Labute approximate surface area is 86.2 Å².